The Kier molecular flexibility index (Phi) is 10.5. The Labute approximate surface area is 240 Å². The lowest BCUT2D eigenvalue weighted by Gasteiger charge is -2.25. The summed E-state index contributed by atoms with van der Waals surface area (Å²) in [4.78, 5) is 34.5. The molecular weight excluding hydrogens is 518 g/mol. The molecule has 41 heavy (non-hydrogen) atoms. The molecule has 0 fully saturated rings. The highest BCUT2D eigenvalue weighted by molar-refractivity contribution is 5.99. The molecule has 4 rings (SSSR count). The number of aromatic nitrogens is 2. The van der Waals surface area contributed by atoms with Crippen LogP contribution in [-0.4, -0.2) is 52.7 Å². The van der Waals surface area contributed by atoms with Gasteiger partial charge in [-0.05, 0) is 60.9 Å². The van der Waals surface area contributed by atoms with Crippen molar-refractivity contribution in [1.82, 2.24) is 25.9 Å². The van der Waals surface area contributed by atoms with Crippen LogP contribution in [0.4, 0.5) is 0 Å². The molecule has 3 aromatic carbocycles. The monoisotopic (exact) mass is 553 g/mol. The molecular formula is C32H35N5O4. The van der Waals surface area contributed by atoms with E-state index < -0.39 is 12.1 Å². The van der Waals surface area contributed by atoms with Crippen LogP contribution >= 0.6 is 0 Å². The van der Waals surface area contributed by atoms with Gasteiger partial charge in [-0.3, -0.25) is 9.59 Å². The van der Waals surface area contributed by atoms with Gasteiger partial charge in [0.05, 0.1) is 25.8 Å². The highest BCUT2D eigenvalue weighted by atomic mass is 16.5. The van der Waals surface area contributed by atoms with E-state index in [0.717, 1.165) is 22.6 Å². The summed E-state index contributed by atoms with van der Waals surface area (Å²) in [5.41, 5.74) is 3.47. The van der Waals surface area contributed by atoms with Crippen molar-refractivity contribution in [3.63, 3.8) is 0 Å². The van der Waals surface area contributed by atoms with Gasteiger partial charge in [-0.1, -0.05) is 48.5 Å². The lowest BCUT2D eigenvalue weighted by atomic mass is 10.00. The molecule has 0 saturated heterocycles. The van der Waals surface area contributed by atoms with Crippen molar-refractivity contribution in [3.8, 4) is 5.75 Å². The van der Waals surface area contributed by atoms with Gasteiger partial charge in [-0.15, -0.1) is 0 Å². The van der Waals surface area contributed by atoms with E-state index in [4.69, 9.17) is 4.74 Å². The van der Waals surface area contributed by atoms with Gasteiger partial charge in [0.25, 0.3) is 11.8 Å². The molecule has 0 unspecified atom stereocenters. The zero-order chi connectivity index (χ0) is 29.0. The number of amides is 2. The Morgan fingerprint density at radius 3 is 2.37 bits per heavy atom. The Morgan fingerprint density at radius 2 is 1.61 bits per heavy atom. The molecule has 9 nitrogen and oxygen atoms in total. The van der Waals surface area contributed by atoms with Crippen molar-refractivity contribution in [3.05, 3.63) is 125 Å². The number of nitrogens with one attached hydrogen (secondary N) is 3. The lowest BCUT2D eigenvalue weighted by Crippen LogP contribution is -2.48. The number of benzene rings is 3. The second-order valence-electron chi connectivity index (χ2n) is 9.70. The predicted molar refractivity (Wildman–Crippen MR) is 156 cm³/mol. The SMILES string of the molecule is COc1cccc(CNC[C@@H](O)[C@H](Cc2ccccc2)NC(=O)c2cccc(C(=O)NCc3nccc(C)n3)c2)c1. The molecule has 0 bridgehead atoms. The maximum atomic E-state index is 13.3. The second-order valence-corrected chi connectivity index (χ2v) is 9.70. The van der Waals surface area contributed by atoms with E-state index in [1.807, 2.05) is 61.5 Å². The summed E-state index contributed by atoms with van der Waals surface area (Å²) >= 11 is 0. The minimum Gasteiger partial charge on any atom is -0.497 e. The number of nitrogens with zero attached hydrogens (tertiary/aromatic N) is 2. The fraction of sp³-hybridized carbons (Fsp3) is 0.250. The van der Waals surface area contributed by atoms with Gasteiger partial charge in [-0.25, -0.2) is 9.97 Å². The quantitative estimate of drug-likeness (QED) is 0.200. The number of carbonyl (C=O) groups excluding carboxylic acids is 2. The third-order valence-electron chi connectivity index (χ3n) is 6.53. The molecule has 1 aromatic heterocycles. The topological polar surface area (TPSA) is 125 Å². The Morgan fingerprint density at radius 1 is 0.878 bits per heavy atom. The highest BCUT2D eigenvalue weighted by Gasteiger charge is 2.23. The van der Waals surface area contributed by atoms with E-state index >= 15 is 0 Å². The summed E-state index contributed by atoms with van der Waals surface area (Å²) in [7, 11) is 1.62. The van der Waals surface area contributed by atoms with Crippen LogP contribution in [0.3, 0.4) is 0 Å². The number of ether oxygens (including phenoxy) is 1. The van der Waals surface area contributed by atoms with Crippen LogP contribution in [0, 0.1) is 6.92 Å². The first kappa shape index (κ1) is 29.4. The zero-order valence-electron chi connectivity index (χ0n) is 23.2. The van der Waals surface area contributed by atoms with Crippen LogP contribution in [0.1, 0.15) is 43.4 Å². The number of hydrogen-bond acceptors (Lipinski definition) is 7. The van der Waals surface area contributed by atoms with Gasteiger partial charge in [0.1, 0.15) is 11.6 Å². The van der Waals surface area contributed by atoms with E-state index in [2.05, 4.69) is 25.9 Å². The fourth-order valence-corrected chi connectivity index (χ4v) is 4.34. The molecule has 0 aliphatic heterocycles. The van der Waals surface area contributed by atoms with E-state index in [1.165, 1.54) is 6.07 Å². The Bertz CT molecular complexity index is 1450. The van der Waals surface area contributed by atoms with Crippen LogP contribution < -0.4 is 20.7 Å². The molecule has 0 aliphatic carbocycles. The van der Waals surface area contributed by atoms with Gasteiger partial charge in [0, 0.05) is 36.1 Å². The smallest absolute Gasteiger partial charge is 0.251 e. The summed E-state index contributed by atoms with van der Waals surface area (Å²) in [5.74, 6) is 0.547. The van der Waals surface area contributed by atoms with E-state index in [-0.39, 0.29) is 24.9 Å². The minimum absolute atomic E-state index is 0.172. The molecule has 0 spiro atoms. The lowest BCUT2D eigenvalue weighted by molar-refractivity contribution is 0.0830. The number of aliphatic hydroxyl groups is 1. The highest BCUT2D eigenvalue weighted by Crippen LogP contribution is 2.13. The van der Waals surface area contributed by atoms with Gasteiger partial charge in [0.15, 0.2) is 0 Å². The first-order chi connectivity index (χ1) is 19.9. The van der Waals surface area contributed by atoms with Crippen molar-refractivity contribution in [2.45, 2.75) is 38.6 Å². The maximum absolute atomic E-state index is 13.3. The van der Waals surface area contributed by atoms with Crippen molar-refractivity contribution in [2.24, 2.45) is 0 Å². The second kappa shape index (κ2) is 14.7. The molecule has 2 amide bonds. The Hall–Kier alpha value is -4.60. The van der Waals surface area contributed by atoms with Crippen LogP contribution in [0.25, 0.3) is 0 Å². The van der Waals surface area contributed by atoms with E-state index in [0.29, 0.717) is 29.9 Å². The molecule has 2 atom stereocenters. The summed E-state index contributed by atoms with van der Waals surface area (Å²) in [6, 6.07) is 25.1. The van der Waals surface area contributed by atoms with Gasteiger partial charge >= 0.3 is 0 Å². The van der Waals surface area contributed by atoms with Crippen molar-refractivity contribution in [1.29, 1.82) is 0 Å². The van der Waals surface area contributed by atoms with Crippen molar-refractivity contribution >= 4 is 11.8 Å². The average Bonchev–Trinajstić information content (AvgIpc) is 3.00. The molecule has 9 heteroatoms. The maximum Gasteiger partial charge on any atom is 0.251 e. The molecule has 0 saturated carbocycles. The average molecular weight is 554 g/mol. The van der Waals surface area contributed by atoms with Gasteiger partial charge in [-0.2, -0.15) is 0 Å². The fourth-order valence-electron chi connectivity index (χ4n) is 4.34. The number of rotatable bonds is 13. The summed E-state index contributed by atoms with van der Waals surface area (Å²) in [6.45, 7) is 2.82. The minimum atomic E-state index is -0.870. The number of aliphatic hydroxyl groups excluding tert-OH is 1. The number of hydrogen-bond donors (Lipinski definition) is 4. The standard InChI is InChI=1S/C32H35N5O4/c1-22-14-15-34-30(36-22)21-35-31(39)25-11-7-12-26(18-25)32(40)37-28(17-23-8-4-3-5-9-23)29(38)20-33-19-24-10-6-13-27(16-24)41-2/h3-16,18,28-29,33,38H,17,19-21H2,1-2H3,(H,35,39)(H,37,40)/t28-,29+/m0/s1. The van der Waals surface area contributed by atoms with E-state index in [9.17, 15) is 14.7 Å². The first-order valence-electron chi connectivity index (χ1n) is 13.4. The molecule has 1 heterocycles. The predicted octanol–water partition coefficient (Wildman–Crippen LogP) is 3.22. The first-order valence-corrected chi connectivity index (χ1v) is 13.4. The van der Waals surface area contributed by atoms with Gasteiger partial charge < -0.3 is 25.8 Å². The summed E-state index contributed by atoms with van der Waals surface area (Å²) in [6.07, 6.45) is 1.21. The third kappa shape index (κ3) is 8.96. The molecule has 4 aromatic rings. The van der Waals surface area contributed by atoms with Crippen molar-refractivity contribution in [2.75, 3.05) is 13.7 Å². The molecule has 0 radical (unpaired) electrons. The zero-order valence-corrected chi connectivity index (χ0v) is 23.2. The normalized spacial score (nSPS) is 12.3. The largest absolute Gasteiger partial charge is 0.497 e. The van der Waals surface area contributed by atoms with Crippen LogP contribution in [0.5, 0.6) is 5.75 Å². The van der Waals surface area contributed by atoms with Gasteiger partial charge in [0.2, 0.25) is 0 Å². The van der Waals surface area contributed by atoms with Crippen LogP contribution in [-0.2, 0) is 19.5 Å². The molecule has 4 N–H and O–H groups in total. The Balaban J connectivity index is 1.40. The number of methoxy groups -OCH3 is 1. The van der Waals surface area contributed by atoms with Crippen LogP contribution in [0.2, 0.25) is 0 Å². The van der Waals surface area contributed by atoms with E-state index in [1.54, 1.807) is 37.6 Å². The molecule has 212 valence electrons. The number of aryl methyl sites for hydroxylation is 1. The molecule has 0 aliphatic rings. The van der Waals surface area contributed by atoms with Crippen molar-refractivity contribution < 1.29 is 19.4 Å². The number of carbonyl (C=O) groups is 2. The summed E-state index contributed by atoms with van der Waals surface area (Å²) < 4.78 is 5.28. The summed E-state index contributed by atoms with van der Waals surface area (Å²) in [5, 5.41) is 20.1. The van der Waals surface area contributed by atoms with Crippen LogP contribution in [0.15, 0.2) is 91.1 Å². The third-order valence-corrected chi connectivity index (χ3v) is 6.53.